The van der Waals surface area contributed by atoms with E-state index in [1.54, 1.807) is 0 Å². The Kier molecular flexibility index (Phi) is 14.2. The maximum atomic E-state index is 6.46. The predicted octanol–water partition coefficient (Wildman–Crippen LogP) is 15.3. The van der Waals surface area contributed by atoms with Gasteiger partial charge >= 0.3 is 0 Å². The number of rotatable bonds is 9. The van der Waals surface area contributed by atoms with Crippen LogP contribution in [0.1, 0.15) is 81.2 Å². The van der Waals surface area contributed by atoms with Crippen LogP contribution in [-0.4, -0.2) is 18.0 Å². The minimum absolute atomic E-state index is 0. The summed E-state index contributed by atoms with van der Waals surface area (Å²) in [5.41, 5.74) is 17.5. The van der Waals surface area contributed by atoms with E-state index >= 15 is 0 Å². The van der Waals surface area contributed by atoms with Crippen LogP contribution in [0.3, 0.4) is 0 Å². The quantitative estimate of drug-likeness (QED) is 0.107. The van der Waals surface area contributed by atoms with Gasteiger partial charge in [-0.25, -0.2) is 0 Å². The van der Waals surface area contributed by atoms with E-state index in [-0.39, 0.29) is 25.5 Å². The smallest absolute Gasteiger partial charge is 0.121 e. The zero-order valence-corrected chi connectivity index (χ0v) is 41.3. The summed E-state index contributed by atoms with van der Waals surface area (Å²) >= 11 is 0. The molecule has 8 rings (SSSR count). The standard InChI is InChI=1S/C30H28NO.C26H32NSi.Ir/c1-5-21(6-2)22-16-17-31-26(18-22)23-12-8-14-25-29-24(13-9-15-27(29)32-30(23)25)28-19(3)10-7-11-20(28)4;1-19-13-14-21(15-23(19)20-11-9-8-10-12-20)24-16-22(17-26(2,3)4)25(18-27-24)28(5,6)7;/h7-11,13-18,21H,5-6H2,1-4H3;8-13,15-16,18H,17H2,1-7H3;/q2*-1;. The number of nitrogens with zero attached hydrogens (tertiary/aromatic N) is 2. The number of hydrogen-bond acceptors (Lipinski definition) is 3. The van der Waals surface area contributed by atoms with E-state index < -0.39 is 8.07 Å². The van der Waals surface area contributed by atoms with Gasteiger partial charge in [0.05, 0.1) is 13.7 Å². The Morgan fingerprint density at radius 1 is 0.721 bits per heavy atom. The van der Waals surface area contributed by atoms with Gasteiger partial charge in [-0.2, -0.15) is 0 Å². The van der Waals surface area contributed by atoms with Crippen LogP contribution in [0.2, 0.25) is 19.6 Å². The summed E-state index contributed by atoms with van der Waals surface area (Å²) in [6.07, 6.45) is 7.37. The summed E-state index contributed by atoms with van der Waals surface area (Å²) in [5.74, 6) is 0.544. The molecule has 0 aliphatic carbocycles. The third kappa shape index (κ3) is 10.1. The molecule has 1 radical (unpaired) electrons. The van der Waals surface area contributed by atoms with E-state index in [9.17, 15) is 0 Å². The van der Waals surface area contributed by atoms with Crippen LogP contribution in [0, 0.1) is 38.3 Å². The van der Waals surface area contributed by atoms with Crippen molar-refractivity contribution in [3.63, 3.8) is 0 Å². The van der Waals surface area contributed by atoms with Gasteiger partial charge < -0.3 is 14.4 Å². The molecule has 3 nitrogen and oxygen atoms in total. The number of benzene rings is 5. The van der Waals surface area contributed by atoms with Gasteiger partial charge in [0.15, 0.2) is 0 Å². The van der Waals surface area contributed by atoms with Crippen molar-refractivity contribution >= 4 is 35.2 Å². The molecule has 0 aliphatic heterocycles. The van der Waals surface area contributed by atoms with Crippen molar-refractivity contribution in [3.8, 4) is 44.8 Å². The topological polar surface area (TPSA) is 38.9 Å². The van der Waals surface area contributed by atoms with E-state index in [2.05, 4.69) is 196 Å². The maximum Gasteiger partial charge on any atom is 0.121 e. The van der Waals surface area contributed by atoms with Crippen LogP contribution >= 0.6 is 0 Å². The first-order valence-corrected chi connectivity index (χ1v) is 25.1. The summed E-state index contributed by atoms with van der Waals surface area (Å²) in [6.45, 7) is 25.1. The number of pyridine rings is 2. The van der Waals surface area contributed by atoms with E-state index in [1.165, 1.54) is 55.3 Å². The summed E-state index contributed by atoms with van der Waals surface area (Å²) in [5, 5.41) is 3.75. The zero-order valence-electron chi connectivity index (χ0n) is 37.9. The Hall–Kier alpha value is -4.93. The summed E-state index contributed by atoms with van der Waals surface area (Å²) < 4.78 is 6.46. The van der Waals surface area contributed by atoms with Crippen molar-refractivity contribution in [2.45, 2.75) is 100 Å². The largest absolute Gasteiger partial charge is 0.501 e. The van der Waals surface area contributed by atoms with E-state index in [0.29, 0.717) is 5.92 Å². The van der Waals surface area contributed by atoms with Crippen molar-refractivity contribution in [2.75, 3.05) is 0 Å². The van der Waals surface area contributed by atoms with Gasteiger partial charge in [0.2, 0.25) is 0 Å². The first kappa shape index (κ1) is 45.6. The van der Waals surface area contributed by atoms with Gasteiger partial charge in [-0.05, 0) is 101 Å². The molecule has 0 fully saturated rings. The average Bonchev–Trinajstić information content (AvgIpc) is 3.61. The fourth-order valence-electron chi connectivity index (χ4n) is 8.70. The first-order valence-electron chi connectivity index (χ1n) is 21.6. The molecule has 0 bridgehead atoms. The van der Waals surface area contributed by atoms with Gasteiger partial charge in [-0.15, -0.1) is 47.5 Å². The predicted molar refractivity (Wildman–Crippen MR) is 259 cm³/mol. The number of furan rings is 1. The van der Waals surface area contributed by atoms with Gasteiger partial charge in [-0.3, -0.25) is 0 Å². The van der Waals surface area contributed by atoms with Crippen molar-refractivity contribution in [3.05, 3.63) is 162 Å². The normalized spacial score (nSPS) is 11.7. The minimum Gasteiger partial charge on any atom is -0.501 e. The minimum atomic E-state index is -1.45. The molecule has 0 saturated carbocycles. The van der Waals surface area contributed by atoms with Gasteiger partial charge in [0, 0.05) is 37.9 Å². The van der Waals surface area contributed by atoms with Crippen LogP contribution in [0.5, 0.6) is 0 Å². The van der Waals surface area contributed by atoms with Crippen LogP contribution < -0.4 is 5.19 Å². The fourth-order valence-corrected chi connectivity index (χ4v) is 10.3. The molecule has 0 amide bonds. The van der Waals surface area contributed by atoms with Crippen LogP contribution in [0.25, 0.3) is 66.7 Å². The van der Waals surface area contributed by atoms with Crippen molar-refractivity contribution in [1.29, 1.82) is 0 Å². The number of hydrogen-bond donors (Lipinski definition) is 0. The Morgan fingerprint density at radius 2 is 1.43 bits per heavy atom. The molecule has 315 valence electrons. The number of aryl methyl sites for hydroxylation is 3. The number of aromatic nitrogens is 2. The van der Waals surface area contributed by atoms with Crippen molar-refractivity contribution in [1.82, 2.24) is 9.97 Å². The molecular weight excluding hydrogens is 937 g/mol. The molecule has 0 spiro atoms. The van der Waals surface area contributed by atoms with Gasteiger partial charge in [-0.1, -0.05) is 162 Å². The third-order valence-corrected chi connectivity index (χ3v) is 13.8. The van der Waals surface area contributed by atoms with E-state index in [4.69, 9.17) is 14.4 Å². The molecule has 3 heterocycles. The summed E-state index contributed by atoms with van der Waals surface area (Å²) in [4.78, 5) is 9.57. The second-order valence-electron chi connectivity index (χ2n) is 18.7. The molecule has 0 saturated heterocycles. The second-order valence-corrected chi connectivity index (χ2v) is 23.7. The Morgan fingerprint density at radius 3 is 2.10 bits per heavy atom. The van der Waals surface area contributed by atoms with Crippen LogP contribution in [-0.2, 0) is 26.5 Å². The molecule has 0 atom stereocenters. The Balaban J connectivity index is 0.000000203. The molecule has 0 aliphatic rings. The van der Waals surface area contributed by atoms with Crippen molar-refractivity contribution < 1.29 is 24.5 Å². The molecule has 8 aromatic rings. The molecule has 3 aromatic heterocycles. The molecular formula is C56H60IrN2OSi-2. The Labute approximate surface area is 379 Å². The SMILES string of the molecule is CCC(CC)c1ccnc(-c2[c-]ccc3c2oc2cccc(-c4c(C)cccc4C)c23)c1.Cc1c[c-]c(-c2cc(CC(C)(C)C)c([Si](C)(C)C)cn2)cc1-c1ccccc1.[Ir]. The average molecular weight is 997 g/mol. The van der Waals surface area contributed by atoms with Crippen molar-refractivity contribution in [2.24, 2.45) is 5.41 Å². The van der Waals surface area contributed by atoms with Crippen LogP contribution in [0.15, 0.2) is 126 Å². The number of fused-ring (bicyclic) bond motifs is 3. The molecule has 61 heavy (non-hydrogen) atoms. The summed E-state index contributed by atoms with van der Waals surface area (Å²) in [6, 6.07) is 45.4. The summed E-state index contributed by atoms with van der Waals surface area (Å²) in [7, 11) is -1.45. The monoisotopic (exact) mass is 997 g/mol. The molecule has 5 heteroatoms. The van der Waals surface area contributed by atoms with Gasteiger partial charge in [0.25, 0.3) is 0 Å². The Bertz CT molecular complexity index is 2750. The zero-order chi connectivity index (χ0) is 42.8. The maximum absolute atomic E-state index is 6.46. The first-order chi connectivity index (χ1) is 28.7. The second kappa shape index (κ2) is 19.0. The van der Waals surface area contributed by atoms with E-state index in [1.807, 2.05) is 12.3 Å². The molecule has 0 unspecified atom stereocenters. The molecule has 5 aromatic carbocycles. The van der Waals surface area contributed by atoms with E-state index in [0.717, 1.165) is 63.7 Å². The molecule has 0 N–H and O–H groups in total. The van der Waals surface area contributed by atoms with Gasteiger partial charge in [0.1, 0.15) is 5.58 Å². The van der Waals surface area contributed by atoms with Crippen LogP contribution in [0.4, 0.5) is 0 Å². The fraction of sp³-hybridized carbons (Fsp3) is 0.286. The third-order valence-electron chi connectivity index (χ3n) is 11.7.